The summed E-state index contributed by atoms with van der Waals surface area (Å²) in [5.41, 5.74) is 2.91. The summed E-state index contributed by atoms with van der Waals surface area (Å²) in [4.78, 5) is 23.1. The normalized spacial score (nSPS) is 10.7. The van der Waals surface area contributed by atoms with Gasteiger partial charge >= 0.3 is 5.69 Å². The molecule has 3 aromatic carbocycles. The second-order valence-corrected chi connectivity index (χ2v) is 9.31. The Morgan fingerprint density at radius 1 is 1.09 bits per heavy atom. The number of carbonyl (C=O) groups is 1. The number of hydrogen-bond donors (Lipinski definition) is 1. The Morgan fingerprint density at radius 2 is 1.86 bits per heavy atom. The lowest BCUT2D eigenvalue weighted by Gasteiger charge is -2.08. The molecule has 0 aliphatic carbocycles. The van der Waals surface area contributed by atoms with Crippen LogP contribution in [0.25, 0.3) is 0 Å². The van der Waals surface area contributed by atoms with Crippen LogP contribution in [0, 0.1) is 10.1 Å². The number of benzene rings is 3. The number of nitrogens with one attached hydrogen (secondary N) is 1. The van der Waals surface area contributed by atoms with E-state index in [2.05, 4.69) is 47.5 Å². The van der Waals surface area contributed by atoms with Crippen molar-refractivity contribution in [2.45, 2.75) is 19.7 Å². The lowest BCUT2D eigenvalue weighted by molar-refractivity contribution is -0.385. The van der Waals surface area contributed by atoms with Crippen molar-refractivity contribution in [2.24, 2.45) is 0 Å². The lowest BCUT2D eigenvalue weighted by atomic mass is 10.1. The molecule has 0 fully saturated rings. The molecule has 4 rings (SSSR count). The van der Waals surface area contributed by atoms with Crippen LogP contribution in [0.15, 0.2) is 81.9 Å². The second-order valence-electron chi connectivity index (χ2n) is 7.54. The number of nitro groups is 1. The number of ether oxygens (including phenoxy) is 1. The van der Waals surface area contributed by atoms with Crippen molar-refractivity contribution < 1.29 is 14.5 Å². The summed E-state index contributed by atoms with van der Waals surface area (Å²) in [5, 5.41) is 22.2. The van der Waals surface area contributed by atoms with Gasteiger partial charge in [-0.25, -0.2) is 4.68 Å². The smallest absolute Gasteiger partial charge is 0.310 e. The molecule has 0 radical (unpaired) electrons. The number of amides is 1. The van der Waals surface area contributed by atoms with E-state index in [9.17, 15) is 14.9 Å². The van der Waals surface area contributed by atoms with Crippen molar-refractivity contribution in [3.05, 3.63) is 114 Å². The number of carbonyl (C=O) groups excluding carboxylic acids is 1. The Hall–Kier alpha value is -3.57. The molecular formula is C24H19Br2N5O4. The average Bonchev–Trinajstić information content (AvgIpc) is 3.30. The maximum Gasteiger partial charge on any atom is 0.310 e. The number of halogens is 2. The third-order valence-corrected chi connectivity index (χ3v) is 6.27. The molecule has 35 heavy (non-hydrogen) atoms. The van der Waals surface area contributed by atoms with E-state index >= 15 is 0 Å². The summed E-state index contributed by atoms with van der Waals surface area (Å²) < 4.78 is 9.07. The van der Waals surface area contributed by atoms with Crippen LogP contribution < -0.4 is 10.1 Å². The third-order valence-electron chi connectivity index (χ3n) is 5.04. The Bertz CT molecular complexity index is 1360. The molecule has 11 heteroatoms. The number of aromatic nitrogens is 3. The van der Waals surface area contributed by atoms with Crippen LogP contribution in [0.4, 0.5) is 5.69 Å². The highest BCUT2D eigenvalue weighted by Gasteiger charge is 2.14. The summed E-state index contributed by atoms with van der Waals surface area (Å²) >= 11 is 6.91. The van der Waals surface area contributed by atoms with E-state index in [-0.39, 0.29) is 24.0 Å². The first-order valence-corrected chi connectivity index (χ1v) is 12.0. The van der Waals surface area contributed by atoms with Gasteiger partial charge in [0.15, 0.2) is 5.75 Å². The van der Waals surface area contributed by atoms with E-state index in [1.165, 1.54) is 12.1 Å². The molecule has 0 unspecified atom stereocenters. The standard InChI is InChI=1S/C24H19Br2N5O4/c25-19-10-9-18(21(26)11-19)12-27-24(32)17-7-5-16(6-8-17)13-30-14-20(28-29-30)15-35-23-4-2-1-3-22(23)31(33)34/h1-11,14H,12-13,15H2,(H,27,32). The highest BCUT2D eigenvalue weighted by atomic mass is 79.9. The van der Waals surface area contributed by atoms with Crippen molar-refractivity contribution in [3.8, 4) is 5.75 Å². The zero-order valence-corrected chi connectivity index (χ0v) is 21.4. The van der Waals surface area contributed by atoms with Gasteiger partial charge in [0, 0.05) is 27.1 Å². The summed E-state index contributed by atoms with van der Waals surface area (Å²) in [6.45, 7) is 0.912. The zero-order chi connectivity index (χ0) is 24.8. The van der Waals surface area contributed by atoms with Crippen molar-refractivity contribution >= 4 is 43.5 Å². The molecule has 0 saturated heterocycles. The van der Waals surface area contributed by atoms with Gasteiger partial charge in [0.1, 0.15) is 12.3 Å². The number of rotatable bonds is 9. The van der Waals surface area contributed by atoms with Crippen LogP contribution in [-0.2, 0) is 19.7 Å². The van der Waals surface area contributed by atoms with Crippen molar-refractivity contribution in [3.63, 3.8) is 0 Å². The van der Waals surface area contributed by atoms with Gasteiger partial charge in [-0.3, -0.25) is 14.9 Å². The fraction of sp³-hybridized carbons (Fsp3) is 0.125. The minimum Gasteiger partial charge on any atom is -0.480 e. The molecule has 1 aromatic heterocycles. The zero-order valence-electron chi connectivity index (χ0n) is 18.2. The molecule has 0 bridgehead atoms. The first kappa shape index (κ1) is 24.6. The first-order valence-electron chi connectivity index (χ1n) is 10.5. The molecule has 1 heterocycles. The third kappa shape index (κ3) is 6.52. The highest BCUT2D eigenvalue weighted by molar-refractivity contribution is 9.11. The summed E-state index contributed by atoms with van der Waals surface area (Å²) in [5.74, 6) is 0.00923. The van der Waals surface area contributed by atoms with Gasteiger partial charge in [-0.1, -0.05) is 67.4 Å². The fourth-order valence-electron chi connectivity index (χ4n) is 3.25. The van der Waals surface area contributed by atoms with Crippen LogP contribution in [0.2, 0.25) is 0 Å². The summed E-state index contributed by atoms with van der Waals surface area (Å²) in [6.07, 6.45) is 1.71. The van der Waals surface area contributed by atoms with Gasteiger partial charge in [-0.2, -0.15) is 0 Å². The predicted octanol–water partition coefficient (Wildman–Crippen LogP) is 5.27. The maximum atomic E-state index is 12.5. The fourth-order valence-corrected chi connectivity index (χ4v) is 4.44. The van der Waals surface area contributed by atoms with Crippen LogP contribution >= 0.6 is 31.9 Å². The van der Waals surface area contributed by atoms with E-state index in [1.54, 1.807) is 35.1 Å². The van der Waals surface area contributed by atoms with E-state index < -0.39 is 4.92 Å². The molecule has 4 aromatic rings. The quantitative estimate of drug-likeness (QED) is 0.207. The number of hydrogen-bond acceptors (Lipinski definition) is 6. The molecule has 178 valence electrons. The van der Waals surface area contributed by atoms with Crippen LogP contribution in [0.3, 0.4) is 0 Å². The number of nitrogens with zero attached hydrogens (tertiary/aromatic N) is 4. The first-order chi connectivity index (χ1) is 16.9. The number of para-hydroxylation sites is 2. The van der Waals surface area contributed by atoms with Gasteiger partial charge in [0.2, 0.25) is 0 Å². The molecule has 0 aliphatic heterocycles. The Morgan fingerprint density at radius 3 is 2.60 bits per heavy atom. The molecule has 0 aliphatic rings. The van der Waals surface area contributed by atoms with Crippen LogP contribution in [0.1, 0.15) is 27.2 Å². The predicted molar refractivity (Wildman–Crippen MR) is 136 cm³/mol. The van der Waals surface area contributed by atoms with Crippen molar-refractivity contribution in [1.29, 1.82) is 0 Å². The van der Waals surface area contributed by atoms with Crippen LogP contribution in [-0.4, -0.2) is 25.8 Å². The lowest BCUT2D eigenvalue weighted by Crippen LogP contribution is -2.23. The minimum absolute atomic E-state index is 0.0540. The van der Waals surface area contributed by atoms with Gasteiger partial charge < -0.3 is 10.1 Å². The Kier molecular flexibility index (Phi) is 7.88. The van der Waals surface area contributed by atoms with E-state index in [4.69, 9.17) is 4.74 Å². The second kappa shape index (κ2) is 11.2. The molecule has 9 nitrogen and oxygen atoms in total. The monoisotopic (exact) mass is 599 g/mol. The van der Waals surface area contributed by atoms with Crippen LogP contribution in [0.5, 0.6) is 5.75 Å². The van der Waals surface area contributed by atoms with Gasteiger partial charge in [0.25, 0.3) is 5.91 Å². The maximum absolute atomic E-state index is 12.5. The largest absolute Gasteiger partial charge is 0.480 e. The van der Waals surface area contributed by atoms with Crippen molar-refractivity contribution in [2.75, 3.05) is 0 Å². The molecular weight excluding hydrogens is 582 g/mol. The molecule has 0 atom stereocenters. The Balaban J connectivity index is 1.31. The average molecular weight is 601 g/mol. The molecule has 1 N–H and O–H groups in total. The van der Waals surface area contributed by atoms with E-state index in [0.717, 1.165) is 20.1 Å². The van der Waals surface area contributed by atoms with Gasteiger partial charge in [0.05, 0.1) is 17.7 Å². The molecule has 0 spiro atoms. The van der Waals surface area contributed by atoms with E-state index in [0.29, 0.717) is 24.3 Å². The highest BCUT2D eigenvalue weighted by Crippen LogP contribution is 2.26. The van der Waals surface area contributed by atoms with E-state index in [1.807, 2.05) is 30.3 Å². The van der Waals surface area contributed by atoms with Crippen molar-refractivity contribution in [1.82, 2.24) is 20.3 Å². The Labute approximate surface area is 217 Å². The summed E-state index contributed by atoms with van der Waals surface area (Å²) in [7, 11) is 0. The summed E-state index contributed by atoms with van der Waals surface area (Å²) in [6, 6.07) is 19.2. The molecule has 0 saturated carbocycles. The topological polar surface area (TPSA) is 112 Å². The SMILES string of the molecule is O=C(NCc1ccc(Br)cc1Br)c1ccc(Cn2cc(COc3ccccc3[N+](=O)[O-])nn2)cc1. The minimum atomic E-state index is -0.490. The number of nitro benzene ring substituents is 1. The van der Waals surface area contributed by atoms with Gasteiger partial charge in [-0.05, 0) is 41.5 Å². The van der Waals surface area contributed by atoms with Gasteiger partial charge in [-0.15, -0.1) is 5.10 Å². The molecule has 1 amide bonds.